The summed E-state index contributed by atoms with van der Waals surface area (Å²) in [7, 11) is -1.13. The zero-order valence-corrected chi connectivity index (χ0v) is 13.5. The minimum absolute atomic E-state index is 0.382. The van der Waals surface area contributed by atoms with E-state index < -0.39 is 10.8 Å². The summed E-state index contributed by atoms with van der Waals surface area (Å²) in [5, 5.41) is 0. The number of aryl methyl sites for hydroxylation is 1. The summed E-state index contributed by atoms with van der Waals surface area (Å²) < 4.78 is 12.9. The predicted octanol–water partition coefficient (Wildman–Crippen LogP) is 5.23. The van der Waals surface area contributed by atoms with Gasteiger partial charge in [0.1, 0.15) is 0 Å². The first-order valence-electron chi connectivity index (χ1n) is 7.35. The Bertz CT molecular complexity index is 628. The zero-order valence-electron chi connectivity index (χ0n) is 12.7. The van der Waals surface area contributed by atoms with Crippen LogP contribution in [-0.4, -0.2) is 4.21 Å². The summed E-state index contributed by atoms with van der Waals surface area (Å²) in [6, 6.07) is 16.0. The highest BCUT2D eigenvalue weighted by Crippen LogP contribution is 2.30. The van der Waals surface area contributed by atoms with Crippen LogP contribution in [0.1, 0.15) is 36.8 Å². The van der Waals surface area contributed by atoms with Crippen molar-refractivity contribution < 1.29 is 4.21 Å². The monoisotopic (exact) mass is 298 g/mol. The number of hydrogen-bond acceptors (Lipinski definition) is 1. The molecule has 0 fully saturated rings. The lowest BCUT2D eigenvalue weighted by atomic mass is 9.93. The lowest BCUT2D eigenvalue weighted by molar-refractivity contribution is 0.653. The van der Waals surface area contributed by atoms with Crippen LogP contribution < -0.4 is 0 Å². The average Bonchev–Trinajstić information content (AvgIpc) is 2.53. The Morgan fingerprint density at radius 3 is 2.43 bits per heavy atom. The average molecular weight is 298 g/mol. The Morgan fingerprint density at radius 2 is 1.81 bits per heavy atom. The molecule has 0 radical (unpaired) electrons. The molecule has 2 aromatic rings. The maximum atomic E-state index is 12.9. The van der Waals surface area contributed by atoms with E-state index in [0.29, 0.717) is 5.92 Å². The first-order chi connectivity index (χ1) is 10.2. The Kier molecular flexibility index (Phi) is 5.51. The molecule has 0 aliphatic rings. The molecule has 2 atom stereocenters. The van der Waals surface area contributed by atoms with Crippen LogP contribution in [-0.2, 0) is 10.8 Å². The molecular formula is C19H22OS. The van der Waals surface area contributed by atoms with E-state index in [4.69, 9.17) is 0 Å². The molecule has 1 unspecified atom stereocenters. The normalized spacial score (nSPS) is 13.6. The van der Waals surface area contributed by atoms with Crippen LogP contribution in [0.15, 0.2) is 71.0 Å². The Hall–Kier alpha value is -1.67. The molecule has 0 saturated carbocycles. The largest absolute Gasteiger partial charge is 0.249 e. The smallest absolute Gasteiger partial charge is 0.0852 e. The van der Waals surface area contributed by atoms with Crippen LogP contribution in [0.4, 0.5) is 0 Å². The van der Waals surface area contributed by atoms with Gasteiger partial charge in [0.05, 0.1) is 10.8 Å². The highest BCUT2D eigenvalue weighted by molar-refractivity contribution is 7.85. The molecule has 1 nitrogen and oxygen atoms in total. The molecule has 0 aliphatic heterocycles. The van der Waals surface area contributed by atoms with E-state index in [0.717, 1.165) is 22.6 Å². The van der Waals surface area contributed by atoms with Crippen molar-refractivity contribution in [1.29, 1.82) is 0 Å². The maximum Gasteiger partial charge on any atom is 0.0852 e. The number of rotatable bonds is 6. The van der Waals surface area contributed by atoms with Gasteiger partial charge in [-0.1, -0.05) is 48.9 Å². The minimum atomic E-state index is -1.13. The molecule has 0 bridgehead atoms. The number of benzene rings is 2. The van der Waals surface area contributed by atoms with E-state index in [1.54, 1.807) is 0 Å². The Labute approximate surface area is 130 Å². The van der Waals surface area contributed by atoms with Crippen LogP contribution in [0.2, 0.25) is 0 Å². The number of hydrogen-bond donors (Lipinski definition) is 0. The van der Waals surface area contributed by atoms with Crippen LogP contribution in [0.3, 0.4) is 0 Å². The summed E-state index contributed by atoms with van der Waals surface area (Å²) in [6.45, 7) is 8.05. The van der Waals surface area contributed by atoms with E-state index in [9.17, 15) is 4.21 Å². The standard InChI is InChI=1S/C19H22OS/c1-4-8-16(5-2)18-9-6-7-10-19(18)21(20)17-13-11-15(3)12-14-17/h4,6-7,9-14,16H,1,5,8H2,2-3H3/t16-,21?/m1/s1. The van der Waals surface area contributed by atoms with Gasteiger partial charge in [0.15, 0.2) is 0 Å². The van der Waals surface area contributed by atoms with Gasteiger partial charge >= 0.3 is 0 Å². The summed E-state index contributed by atoms with van der Waals surface area (Å²) in [5.74, 6) is 0.382. The van der Waals surface area contributed by atoms with Gasteiger partial charge in [-0.3, -0.25) is 0 Å². The van der Waals surface area contributed by atoms with Gasteiger partial charge in [-0.15, -0.1) is 6.58 Å². The van der Waals surface area contributed by atoms with Gasteiger partial charge in [-0.05, 0) is 49.4 Å². The van der Waals surface area contributed by atoms with Crippen molar-refractivity contribution in [2.24, 2.45) is 0 Å². The fraction of sp³-hybridized carbons (Fsp3) is 0.263. The van der Waals surface area contributed by atoms with Gasteiger partial charge in [0.2, 0.25) is 0 Å². The van der Waals surface area contributed by atoms with E-state index in [2.05, 4.69) is 19.6 Å². The molecule has 0 spiro atoms. The molecule has 2 rings (SSSR count). The zero-order chi connectivity index (χ0) is 15.2. The van der Waals surface area contributed by atoms with Gasteiger partial charge in [-0.2, -0.15) is 0 Å². The quantitative estimate of drug-likeness (QED) is 0.667. The van der Waals surface area contributed by atoms with Crippen molar-refractivity contribution in [3.8, 4) is 0 Å². The maximum absolute atomic E-state index is 12.9. The lowest BCUT2D eigenvalue weighted by Crippen LogP contribution is -2.03. The topological polar surface area (TPSA) is 17.1 Å². The highest BCUT2D eigenvalue weighted by atomic mass is 32.2. The molecule has 0 saturated heterocycles. The summed E-state index contributed by atoms with van der Waals surface area (Å²) in [5.41, 5.74) is 2.36. The van der Waals surface area contributed by atoms with E-state index in [1.165, 1.54) is 11.1 Å². The third-order valence-corrected chi connectivity index (χ3v) is 5.21. The van der Waals surface area contributed by atoms with Crippen molar-refractivity contribution >= 4 is 10.8 Å². The number of allylic oxidation sites excluding steroid dienone is 1. The van der Waals surface area contributed by atoms with Crippen LogP contribution in [0.5, 0.6) is 0 Å². The van der Waals surface area contributed by atoms with Gasteiger partial charge in [0.25, 0.3) is 0 Å². The summed E-state index contributed by atoms with van der Waals surface area (Å²) in [6.07, 6.45) is 3.88. The van der Waals surface area contributed by atoms with Crippen molar-refractivity contribution in [2.45, 2.75) is 42.4 Å². The predicted molar refractivity (Wildman–Crippen MR) is 90.1 cm³/mol. The first kappa shape index (κ1) is 15.7. The SMILES string of the molecule is C=CC[C@@H](CC)c1ccccc1S(=O)c1ccc(C)cc1. The molecule has 0 aliphatic carbocycles. The molecule has 2 heteroatoms. The van der Waals surface area contributed by atoms with Crippen molar-refractivity contribution in [3.05, 3.63) is 72.3 Å². The molecule has 0 N–H and O–H groups in total. The minimum Gasteiger partial charge on any atom is -0.249 e. The molecule has 2 aromatic carbocycles. The van der Waals surface area contributed by atoms with E-state index in [-0.39, 0.29) is 0 Å². The van der Waals surface area contributed by atoms with Crippen molar-refractivity contribution in [2.75, 3.05) is 0 Å². The van der Waals surface area contributed by atoms with E-state index in [1.807, 2.05) is 55.5 Å². The second kappa shape index (κ2) is 7.37. The fourth-order valence-corrected chi connectivity index (χ4v) is 3.78. The highest BCUT2D eigenvalue weighted by Gasteiger charge is 2.17. The molecule has 21 heavy (non-hydrogen) atoms. The molecule has 0 heterocycles. The third kappa shape index (κ3) is 3.70. The van der Waals surface area contributed by atoms with Crippen LogP contribution >= 0.6 is 0 Å². The fourth-order valence-electron chi connectivity index (χ4n) is 2.49. The van der Waals surface area contributed by atoms with Crippen LogP contribution in [0.25, 0.3) is 0 Å². The first-order valence-corrected chi connectivity index (χ1v) is 8.50. The molecule has 0 aromatic heterocycles. The lowest BCUT2D eigenvalue weighted by Gasteiger charge is -2.17. The van der Waals surface area contributed by atoms with Gasteiger partial charge in [0, 0.05) is 9.79 Å². The van der Waals surface area contributed by atoms with E-state index >= 15 is 0 Å². The molecule has 110 valence electrons. The summed E-state index contributed by atoms with van der Waals surface area (Å²) >= 11 is 0. The molecule has 0 amide bonds. The van der Waals surface area contributed by atoms with Crippen LogP contribution in [0, 0.1) is 6.92 Å². The molecular weight excluding hydrogens is 276 g/mol. The van der Waals surface area contributed by atoms with Gasteiger partial charge in [-0.25, -0.2) is 4.21 Å². The summed E-state index contributed by atoms with van der Waals surface area (Å²) in [4.78, 5) is 1.79. The Morgan fingerprint density at radius 1 is 1.14 bits per heavy atom. The third-order valence-electron chi connectivity index (χ3n) is 3.74. The second-order valence-electron chi connectivity index (χ2n) is 5.25. The van der Waals surface area contributed by atoms with Crippen molar-refractivity contribution in [1.82, 2.24) is 0 Å². The second-order valence-corrected chi connectivity index (χ2v) is 6.70. The van der Waals surface area contributed by atoms with Crippen molar-refractivity contribution in [3.63, 3.8) is 0 Å². The Balaban J connectivity index is 2.41. The van der Waals surface area contributed by atoms with Gasteiger partial charge < -0.3 is 0 Å².